The fraction of sp³-hybridized carbons (Fsp3) is 0.720. The van der Waals surface area contributed by atoms with E-state index in [9.17, 15) is 35.5 Å². The van der Waals surface area contributed by atoms with Gasteiger partial charge in [-0.05, 0) is 99.2 Å². The molecule has 11 heteroatoms. The van der Waals surface area contributed by atoms with Gasteiger partial charge in [0.1, 0.15) is 11.9 Å². The Hall–Kier alpha value is -1.78. The van der Waals surface area contributed by atoms with Crippen molar-refractivity contribution in [3.63, 3.8) is 0 Å². The first-order valence-electron chi connectivity index (χ1n) is 12.2. The fourth-order valence-electron chi connectivity index (χ4n) is 6.63. The molecule has 4 rings (SSSR count). The highest BCUT2D eigenvalue weighted by atomic mass is 28.4. The summed E-state index contributed by atoms with van der Waals surface area (Å²) in [5, 5.41) is 0. The molecule has 0 unspecified atom stereocenters. The Morgan fingerprint density at radius 1 is 1.00 bits per heavy atom. The van der Waals surface area contributed by atoms with Crippen LogP contribution in [0, 0.1) is 17.3 Å². The van der Waals surface area contributed by atoms with Crippen LogP contribution >= 0.6 is 0 Å². The molecule has 0 bridgehead atoms. The molecule has 3 aliphatic rings. The van der Waals surface area contributed by atoms with Gasteiger partial charge in [0.2, 0.25) is 8.32 Å². The first-order valence-corrected chi connectivity index (χ1v) is 15.6. The second-order valence-corrected chi connectivity index (χ2v) is 16.1. The van der Waals surface area contributed by atoms with Gasteiger partial charge in [-0.2, -0.15) is 30.7 Å². The molecule has 202 valence electrons. The van der Waals surface area contributed by atoms with Crippen molar-refractivity contribution in [2.45, 2.75) is 95.1 Å². The third-order valence-electron chi connectivity index (χ3n) is 8.29. The Labute approximate surface area is 206 Å². The van der Waals surface area contributed by atoms with Crippen LogP contribution in [-0.2, 0) is 16.0 Å². The van der Waals surface area contributed by atoms with Gasteiger partial charge < -0.3 is 9.16 Å². The Kier molecular flexibility index (Phi) is 6.53. The predicted octanol–water partition coefficient (Wildman–Crippen LogP) is 7.50. The molecular formula is C25H31F7O3Si. The zero-order valence-corrected chi connectivity index (χ0v) is 21.7. The van der Waals surface area contributed by atoms with Gasteiger partial charge in [-0.15, -0.1) is 0 Å². The lowest BCUT2D eigenvalue weighted by Gasteiger charge is -2.50. The number of rotatable bonds is 5. The molecule has 0 aliphatic heterocycles. The molecule has 1 aromatic carbocycles. The lowest BCUT2D eigenvalue weighted by molar-refractivity contribution is -0.349. The van der Waals surface area contributed by atoms with Crippen LogP contribution in [0.25, 0.3) is 0 Å². The van der Waals surface area contributed by atoms with Crippen molar-refractivity contribution in [2.75, 3.05) is 0 Å². The number of ether oxygens (including phenoxy) is 1. The van der Waals surface area contributed by atoms with Gasteiger partial charge in [-0.1, -0.05) is 13.0 Å². The first kappa shape index (κ1) is 27.3. The average Bonchev–Trinajstić information content (AvgIpc) is 3.07. The number of benzene rings is 1. The van der Waals surface area contributed by atoms with E-state index in [0.29, 0.717) is 19.3 Å². The Morgan fingerprint density at radius 2 is 1.67 bits per heavy atom. The van der Waals surface area contributed by atoms with Gasteiger partial charge in [-0.3, -0.25) is 0 Å². The SMILES string of the molecule is C[C@]12CC[C@@H]3c4ccc(O[Si](C)(C)C)cc4CC[C@H]3[C@@H]1CC[C@H]2OC(=O)C(F)(F)C(F)(F)C(F)(F)F. The van der Waals surface area contributed by atoms with Crippen LogP contribution in [0.15, 0.2) is 18.2 Å². The smallest absolute Gasteiger partial charge is 0.460 e. The van der Waals surface area contributed by atoms with E-state index in [1.54, 1.807) is 6.92 Å². The molecule has 1 aromatic rings. The number of alkyl halides is 7. The van der Waals surface area contributed by atoms with Crippen molar-refractivity contribution in [2.24, 2.45) is 17.3 Å². The van der Waals surface area contributed by atoms with Crippen molar-refractivity contribution in [3.8, 4) is 5.75 Å². The van der Waals surface area contributed by atoms with Gasteiger partial charge >= 0.3 is 24.0 Å². The lowest BCUT2D eigenvalue weighted by Crippen LogP contribution is -2.57. The zero-order valence-electron chi connectivity index (χ0n) is 20.7. The van der Waals surface area contributed by atoms with E-state index in [-0.39, 0.29) is 24.2 Å². The largest absolute Gasteiger partial charge is 0.544 e. The monoisotopic (exact) mass is 540 g/mol. The molecule has 0 N–H and O–H groups in total. The molecule has 0 amide bonds. The number of esters is 1. The van der Waals surface area contributed by atoms with E-state index >= 15 is 0 Å². The highest BCUT2D eigenvalue weighted by molar-refractivity contribution is 6.70. The van der Waals surface area contributed by atoms with E-state index in [1.807, 2.05) is 6.07 Å². The normalized spacial score (nSPS) is 30.8. The highest BCUT2D eigenvalue weighted by Gasteiger charge is 2.77. The Balaban J connectivity index is 1.51. The Bertz CT molecular complexity index is 1020. The number of carbonyl (C=O) groups excluding carboxylic acids is 1. The lowest BCUT2D eigenvalue weighted by atomic mass is 9.55. The Morgan fingerprint density at radius 3 is 2.28 bits per heavy atom. The molecule has 2 saturated carbocycles. The topological polar surface area (TPSA) is 35.5 Å². The number of fused-ring (bicyclic) bond motifs is 5. The van der Waals surface area contributed by atoms with Crippen LogP contribution in [0.2, 0.25) is 19.6 Å². The molecule has 0 radical (unpaired) electrons. The minimum absolute atomic E-state index is 0.0168. The maximum Gasteiger partial charge on any atom is 0.460 e. The van der Waals surface area contributed by atoms with Crippen LogP contribution in [0.4, 0.5) is 30.7 Å². The van der Waals surface area contributed by atoms with E-state index < -0.39 is 43.8 Å². The van der Waals surface area contributed by atoms with Crippen LogP contribution in [0.5, 0.6) is 5.75 Å². The number of halogens is 7. The summed E-state index contributed by atoms with van der Waals surface area (Å²) >= 11 is 0. The molecule has 36 heavy (non-hydrogen) atoms. The van der Waals surface area contributed by atoms with Crippen LogP contribution in [0.3, 0.4) is 0 Å². The van der Waals surface area contributed by atoms with Gasteiger partial charge in [0.05, 0.1) is 0 Å². The molecule has 0 spiro atoms. The van der Waals surface area contributed by atoms with E-state index in [0.717, 1.165) is 18.6 Å². The second kappa shape index (κ2) is 8.63. The standard InChI is InChI=1S/C25H31F7O3Si/c1-22-12-11-17-16-8-6-15(35-36(2,3)4)13-14(16)5-7-18(17)19(22)9-10-20(22)34-21(33)23(26,27)24(28,29)25(30,31)32/h6,8,13,17-20H,5,7,9-12H2,1-4H3/t17-,18-,19+,20-,22+/m1/s1. The fourth-order valence-corrected chi connectivity index (χ4v) is 7.46. The summed E-state index contributed by atoms with van der Waals surface area (Å²) in [7, 11) is -1.77. The summed E-state index contributed by atoms with van der Waals surface area (Å²) in [5.41, 5.74) is 1.66. The zero-order chi connectivity index (χ0) is 26.9. The third kappa shape index (κ3) is 4.43. The second-order valence-electron chi connectivity index (χ2n) is 11.7. The number of hydrogen-bond acceptors (Lipinski definition) is 3. The maximum absolute atomic E-state index is 13.9. The van der Waals surface area contributed by atoms with Gasteiger partial charge in [0, 0.05) is 5.41 Å². The third-order valence-corrected chi connectivity index (χ3v) is 9.14. The summed E-state index contributed by atoms with van der Waals surface area (Å²) in [6.45, 7) is 8.09. The molecule has 3 aliphatic carbocycles. The van der Waals surface area contributed by atoms with Crippen molar-refractivity contribution < 1.29 is 44.7 Å². The van der Waals surface area contributed by atoms with Crippen molar-refractivity contribution in [1.29, 1.82) is 0 Å². The van der Waals surface area contributed by atoms with Gasteiger partial charge in [0.15, 0.2) is 0 Å². The van der Waals surface area contributed by atoms with E-state index in [1.165, 1.54) is 11.1 Å². The van der Waals surface area contributed by atoms with Crippen molar-refractivity contribution in [3.05, 3.63) is 29.3 Å². The summed E-state index contributed by atoms with van der Waals surface area (Å²) in [5.74, 6) is -14.1. The summed E-state index contributed by atoms with van der Waals surface area (Å²) in [4.78, 5) is 11.9. The number of carbonyl (C=O) groups is 1. The molecule has 0 saturated heterocycles. The predicted molar refractivity (Wildman–Crippen MR) is 121 cm³/mol. The van der Waals surface area contributed by atoms with E-state index in [2.05, 4.69) is 31.8 Å². The van der Waals surface area contributed by atoms with Crippen molar-refractivity contribution in [1.82, 2.24) is 0 Å². The molecule has 5 atom stereocenters. The summed E-state index contributed by atoms with van der Waals surface area (Å²) < 4.78 is 103. The van der Waals surface area contributed by atoms with Crippen LogP contribution < -0.4 is 4.43 Å². The highest BCUT2D eigenvalue weighted by Crippen LogP contribution is 2.62. The van der Waals surface area contributed by atoms with Crippen LogP contribution in [-0.4, -0.2) is 38.4 Å². The summed E-state index contributed by atoms with van der Waals surface area (Å²) in [6.07, 6.45) is -4.23. The molecule has 0 aromatic heterocycles. The molecule has 0 heterocycles. The number of aryl methyl sites for hydroxylation is 1. The quantitative estimate of drug-likeness (QED) is 0.220. The van der Waals surface area contributed by atoms with Gasteiger partial charge in [0.25, 0.3) is 0 Å². The van der Waals surface area contributed by atoms with E-state index in [4.69, 9.17) is 9.16 Å². The van der Waals surface area contributed by atoms with Crippen LogP contribution in [0.1, 0.15) is 56.1 Å². The molecular weight excluding hydrogens is 509 g/mol. The first-order chi connectivity index (χ1) is 16.4. The molecule has 3 nitrogen and oxygen atoms in total. The minimum atomic E-state index is -6.58. The summed E-state index contributed by atoms with van der Waals surface area (Å²) in [6, 6.07) is 6.13. The minimum Gasteiger partial charge on any atom is -0.544 e. The molecule has 2 fully saturated rings. The van der Waals surface area contributed by atoms with Gasteiger partial charge in [-0.25, -0.2) is 4.79 Å². The number of hydrogen-bond donors (Lipinski definition) is 0. The maximum atomic E-state index is 13.9. The average molecular weight is 541 g/mol. The van der Waals surface area contributed by atoms with Crippen molar-refractivity contribution >= 4 is 14.3 Å².